The van der Waals surface area contributed by atoms with Crippen LogP contribution in [0.1, 0.15) is 171 Å². The number of likely N-dealkylation sites (N-methyl/N-ethyl adjacent to an activating group) is 1. The summed E-state index contributed by atoms with van der Waals surface area (Å²) in [6.07, 6.45) is -2.26. The number of H-pyrrole nitrogens is 2. The second-order valence-electron chi connectivity index (χ2n) is 32.5. The van der Waals surface area contributed by atoms with Crippen LogP contribution in [-0.4, -0.2) is 226 Å². The molecule has 11 atom stereocenters. The molecule has 4 rings (SSSR count). The summed E-state index contributed by atoms with van der Waals surface area (Å²) in [5.41, 5.74) is 24.4. The number of nitrogens with two attached hydrogens (primary N) is 4. The lowest BCUT2D eigenvalue weighted by molar-refractivity contribution is -0.147. The van der Waals surface area contributed by atoms with E-state index in [0.29, 0.717) is 27.3 Å². The smallest absolute Gasteiger partial charge is 0.288 e. The van der Waals surface area contributed by atoms with Gasteiger partial charge in [-0.25, -0.2) is 4.98 Å². The topological polar surface area (TPSA) is 567 Å². The molecule has 2 aromatic carbocycles. The summed E-state index contributed by atoms with van der Waals surface area (Å²) in [6.45, 7) is 22.7. The van der Waals surface area contributed by atoms with Crippen molar-refractivity contribution in [3.05, 3.63) is 84.1 Å². The second-order valence-corrected chi connectivity index (χ2v) is 37.4. The fourth-order valence-electron chi connectivity index (χ4n) is 13.4. The summed E-state index contributed by atoms with van der Waals surface area (Å²) >= 11 is 0. The lowest BCUT2D eigenvalue weighted by atomic mass is 9.96. The molecule has 35 nitrogen and oxygen atoms in total. The van der Waals surface area contributed by atoms with Crippen molar-refractivity contribution in [2.75, 3.05) is 33.2 Å². The molecule has 2 heterocycles. The highest BCUT2D eigenvalue weighted by Crippen LogP contribution is 2.51. The van der Waals surface area contributed by atoms with Crippen molar-refractivity contribution in [3.63, 3.8) is 0 Å². The number of aliphatic hydroxyl groups excluding tert-OH is 3. The van der Waals surface area contributed by atoms with E-state index < -0.39 is 181 Å². The van der Waals surface area contributed by atoms with E-state index in [1.54, 1.807) is 68.6 Å². The third kappa shape index (κ3) is 31.4. The van der Waals surface area contributed by atoms with Gasteiger partial charge in [-0.3, -0.25) is 67.3 Å². The van der Waals surface area contributed by atoms with Gasteiger partial charge in [0.05, 0.1) is 31.4 Å². The Morgan fingerprint density at radius 3 is 1.75 bits per heavy atom. The highest BCUT2D eigenvalue weighted by atomic mass is 28.4. The number of halogens is 1. The Morgan fingerprint density at radius 2 is 1.16 bits per heavy atom. The minimum absolute atomic E-state index is 0.00794. The van der Waals surface area contributed by atoms with Crippen LogP contribution in [0, 0.1) is 17.8 Å². The molecule has 0 saturated carbocycles. The first-order chi connectivity index (χ1) is 53.7. The number of nitrogens with one attached hydrogen (secondary N) is 12. The number of carbonyl (C=O) groups is 13. The molecule has 37 heteroatoms. The van der Waals surface area contributed by atoms with Crippen LogP contribution in [0.5, 0.6) is 0 Å². The van der Waals surface area contributed by atoms with Gasteiger partial charge in [0, 0.05) is 81.4 Å². The van der Waals surface area contributed by atoms with Crippen LogP contribution in [0.4, 0.5) is 4.11 Å². The van der Waals surface area contributed by atoms with Gasteiger partial charge in [-0.2, -0.15) is 0 Å². The maximum Gasteiger partial charge on any atom is 0.288 e. The van der Waals surface area contributed by atoms with Crippen LogP contribution < -0.4 is 81.3 Å². The standard InChI is InChI=1S/C78H124FN19O16Si/c1-43(2)34-55(59(99)38-62(102)92-56(67(81)106)35-44(3)4)95-72(111)58(37-49-40-84-42-89-49)93-63(103)41-98(14)75(114)64(45(5)6)97-68(107)46(7)90-71(110)57(36-48-39-88-52-21-16-15-20-51(48)52)96-70(109)54(28-29-60(80)100)91-61(101)23-17-18-31-85-69(108)53(22-19-32-87-76(82)83)94-74(113)66(105)65(104)73(112)86-33-30-47-24-26-50(27-25-47)115(79,77(8,9)10)78(11,12)13/h15-16,20-21,24-27,39-40,42-46,53-59,64-66,88,99,104-105H,17-19,22-23,28-38,41H2,1-14H3,(H2,80,100)(H2,81,106)(H,84,89)(H,85,108)(H,86,112)(H,90,110)(H,91,101)(H,92,102)(H,93,103)(H,94,113)(H,95,111)(H,96,109)(H,97,107)(H4,82,83,87)/t46-,53-,54-,55-,56-,57-,58-,59-,64-,65?,66?/m0/s1. The van der Waals surface area contributed by atoms with Crippen LogP contribution in [0.2, 0.25) is 10.1 Å². The SMILES string of the molecule is CC(C)C[C@H](NC(=O)C[C@H](O)[C@H](CC(C)C)NC(=O)[C@H](Cc1cnc[nH]1)NC(=O)CN(C)C(=O)[C@@H](NC(=O)[C@H](C)NC(=O)[C@H](Cc1c[nH]c2ccccc12)NC(=O)[C@H](CCC(N)=O)NC(=O)CCCCNC(=O)[C@H](CCCN=C(N)N)NC(=O)C(O)C(O)C(=O)NCCc1ccc([Si](F)(C(C)(C)C)C(C)(C)C)cc1)C(C)C)C(N)=O. The van der Waals surface area contributed by atoms with Crippen LogP contribution in [0.15, 0.2) is 72.2 Å². The number of unbranched alkanes of at least 4 members (excludes halogenated alkanes) is 1. The monoisotopic (exact) mass is 1630 g/mol. The van der Waals surface area contributed by atoms with E-state index in [0.717, 1.165) is 10.5 Å². The first kappa shape index (κ1) is 97.0. The normalized spacial score (nSPS) is 14.7. The predicted octanol–water partition coefficient (Wildman–Crippen LogP) is -0.574. The Balaban J connectivity index is 1.41. The van der Waals surface area contributed by atoms with Crippen LogP contribution in [0.25, 0.3) is 10.9 Å². The number of aromatic nitrogens is 3. The minimum atomic E-state index is -3.53. The van der Waals surface area contributed by atoms with Gasteiger partial charge in [0.25, 0.3) is 20.2 Å². The summed E-state index contributed by atoms with van der Waals surface area (Å²) in [6, 6.07) is 3.89. The number of guanidine groups is 1. The molecule has 0 bridgehead atoms. The van der Waals surface area contributed by atoms with Crippen molar-refractivity contribution >= 4 is 107 Å². The van der Waals surface area contributed by atoms with E-state index in [-0.39, 0.29) is 114 Å². The zero-order valence-corrected chi connectivity index (χ0v) is 69.6. The number of rotatable bonds is 48. The van der Waals surface area contributed by atoms with Crippen molar-refractivity contribution in [3.8, 4) is 0 Å². The van der Waals surface area contributed by atoms with Crippen molar-refractivity contribution < 1.29 is 81.8 Å². The predicted molar refractivity (Wildman–Crippen MR) is 433 cm³/mol. The molecule has 0 saturated heterocycles. The molecule has 23 N–H and O–H groups in total. The van der Waals surface area contributed by atoms with Crippen LogP contribution in [0.3, 0.4) is 0 Å². The van der Waals surface area contributed by atoms with Crippen molar-refractivity contribution in [1.82, 2.24) is 73.0 Å². The molecule has 638 valence electrons. The maximum atomic E-state index is 16.9. The largest absolute Gasteiger partial charge is 0.390 e. The third-order valence-corrected chi connectivity index (χ3v) is 24.7. The number of nitrogens with zero attached hydrogens (tertiary/aromatic N) is 3. The van der Waals surface area contributed by atoms with E-state index in [1.807, 2.05) is 69.2 Å². The molecule has 0 fully saturated rings. The van der Waals surface area contributed by atoms with Gasteiger partial charge >= 0.3 is 0 Å². The fraction of sp³-hybridized carbons (Fsp3) is 0.603. The number of para-hydroxylation sites is 1. The average Bonchev–Trinajstić information content (AvgIpc) is 1.38. The third-order valence-electron chi connectivity index (χ3n) is 19.4. The molecule has 0 spiro atoms. The van der Waals surface area contributed by atoms with Gasteiger partial charge in [-0.05, 0) is 109 Å². The zero-order chi connectivity index (χ0) is 86.4. The number of hydrogen-bond acceptors (Lipinski definition) is 18. The number of hydrogen-bond donors (Lipinski definition) is 19. The summed E-state index contributed by atoms with van der Waals surface area (Å²) in [7, 11) is -2.23. The summed E-state index contributed by atoms with van der Waals surface area (Å²) in [4.78, 5) is 191. The van der Waals surface area contributed by atoms with E-state index >= 15 is 4.11 Å². The molecule has 0 radical (unpaired) electrons. The summed E-state index contributed by atoms with van der Waals surface area (Å²) in [5.74, 6) is -11.9. The van der Waals surface area contributed by atoms with E-state index in [9.17, 15) is 77.6 Å². The first-order valence-corrected chi connectivity index (χ1v) is 40.8. The molecule has 115 heavy (non-hydrogen) atoms. The van der Waals surface area contributed by atoms with Gasteiger partial charge < -0.3 is 110 Å². The highest BCUT2D eigenvalue weighted by Gasteiger charge is 2.56. The van der Waals surface area contributed by atoms with Crippen molar-refractivity contribution in [2.24, 2.45) is 45.7 Å². The summed E-state index contributed by atoms with van der Waals surface area (Å²) in [5, 5.41) is 59.1. The Hall–Kier alpha value is -10.4. The number of amides is 13. The Labute approximate surface area is 672 Å². The van der Waals surface area contributed by atoms with E-state index in [4.69, 9.17) is 22.9 Å². The molecule has 0 aliphatic rings. The molecular formula is C78H124FN19O16Si. The van der Waals surface area contributed by atoms with Crippen molar-refractivity contribution in [1.29, 1.82) is 0 Å². The molecule has 2 aromatic heterocycles. The van der Waals surface area contributed by atoms with Crippen molar-refractivity contribution in [2.45, 2.75) is 250 Å². The number of aliphatic imine (C=N–C) groups is 1. The summed E-state index contributed by atoms with van der Waals surface area (Å²) < 4.78 is 16.9. The maximum absolute atomic E-state index is 16.9. The number of benzene rings is 2. The van der Waals surface area contributed by atoms with Gasteiger partial charge in [-0.15, -0.1) is 0 Å². The number of fused-ring (bicyclic) bond motifs is 1. The molecule has 13 amide bonds. The van der Waals surface area contributed by atoms with Gasteiger partial charge in [0.2, 0.25) is 65.0 Å². The highest BCUT2D eigenvalue weighted by molar-refractivity contribution is 6.90. The Bertz CT molecular complexity index is 3940. The quantitative estimate of drug-likeness (QED) is 0.00865. The number of aliphatic hydroxyl groups is 3. The van der Waals surface area contributed by atoms with Crippen LogP contribution >= 0.6 is 0 Å². The number of aromatic amines is 2. The van der Waals surface area contributed by atoms with E-state index in [1.165, 1.54) is 26.5 Å². The Kier molecular flexibility index (Phi) is 38.5. The van der Waals surface area contributed by atoms with Gasteiger partial charge in [0.1, 0.15) is 42.3 Å². The average molecular weight is 1630 g/mol. The first-order valence-electron chi connectivity index (χ1n) is 38.9. The second kappa shape index (κ2) is 45.6. The molecule has 0 aliphatic heterocycles. The lowest BCUT2D eigenvalue weighted by Crippen LogP contribution is -2.59. The van der Waals surface area contributed by atoms with E-state index in [2.05, 4.69) is 73.1 Å². The Morgan fingerprint density at radius 1 is 0.583 bits per heavy atom. The lowest BCUT2D eigenvalue weighted by Gasteiger charge is -2.44. The number of carbonyl (C=O) groups excluding carboxylic acids is 13. The molecule has 2 unspecified atom stereocenters. The zero-order valence-electron chi connectivity index (χ0n) is 68.6. The van der Waals surface area contributed by atoms with Gasteiger partial charge in [0.15, 0.2) is 18.2 Å². The molecule has 0 aliphatic carbocycles. The minimum Gasteiger partial charge on any atom is -0.390 e. The molecular weight excluding hydrogens is 1510 g/mol. The fourth-order valence-corrected chi connectivity index (χ4v) is 18.0. The number of imidazole rings is 1. The molecule has 4 aromatic rings. The van der Waals surface area contributed by atoms with Crippen LogP contribution in [-0.2, 0) is 81.6 Å². The van der Waals surface area contributed by atoms with Gasteiger partial charge in [-0.1, -0.05) is 126 Å². The number of primary amides is 2.